The van der Waals surface area contributed by atoms with Gasteiger partial charge in [0.05, 0.1) is 18.1 Å². The zero-order valence-corrected chi connectivity index (χ0v) is 15.1. The molecule has 2 aromatic carbocycles. The van der Waals surface area contributed by atoms with Gasteiger partial charge in [-0.05, 0) is 23.3 Å². The van der Waals surface area contributed by atoms with Crippen molar-refractivity contribution in [2.45, 2.75) is 31.3 Å². The molecule has 2 aromatic rings. The van der Waals surface area contributed by atoms with E-state index in [1.807, 2.05) is 42.5 Å². The van der Waals surface area contributed by atoms with Crippen molar-refractivity contribution in [2.24, 2.45) is 5.92 Å². The number of carboxylic acids is 1. The first-order valence-corrected chi connectivity index (χ1v) is 9.00. The van der Waals surface area contributed by atoms with E-state index in [0.717, 1.165) is 11.1 Å². The zero-order chi connectivity index (χ0) is 20.1. The van der Waals surface area contributed by atoms with Gasteiger partial charge in [0.25, 0.3) is 0 Å². The Bertz CT molecular complexity index is 803. The number of hydrogen-bond acceptors (Lipinski definition) is 6. The van der Waals surface area contributed by atoms with E-state index in [1.54, 1.807) is 12.1 Å². The normalized spacial score (nSPS) is 24.5. The van der Waals surface area contributed by atoms with Gasteiger partial charge in [0, 0.05) is 12.3 Å². The second kappa shape index (κ2) is 8.97. The molecular weight excluding hydrogens is 364 g/mol. The number of benzene rings is 2. The highest BCUT2D eigenvalue weighted by Gasteiger charge is 2.39. The SMILES string of the molecule is O=C(O)C[C@@H]1[C@H](O)CC(O)O[C@H]1COC(=O)c1ccc(-c2ccccc2)cc1. The van der Waals surface area contributed by atoms with Crippen molar-refractivity contribution in [3.63, 3.8) is 0 Å². The van der Waals surface area contributed by atoms with Gasteiger partial charge in [-0.25, -0.2) is 4.79 Å². The lowest BCUT2D eigenvalue weighted by atomic mass is 9.88. The highest BCUT2D eigenvalue weighted by atomic mass is 16.6. The molecule has 0 aromatic heterocycles. The van der Waals surface area contributed by atoms with Crippen molar-refractivity contribution in [2.75, 3.05) is 6.61 Å². The second-order valence-electron chi connectivity index (χ2n) is 6.74. The average molecular weight is 386 g/mol. The van der Waals surface area contributed by atoms with Crippen LogP contribution in [0.1, 0.15) is 23.2 Å². The summed E-state index contributed by atoms with van der Waals surface area (Å²) in [4.78, 5) is 23.3. The van der Waals surface area contributed by atoms with Crippen LogP contribution in [-0.2, 0) is 14.3 Å². The number of rotatable bonds is 6. The molecule has 7 heteroatoms. The standard InChI is InChI=1S/C21H22O7/c22-17-11-20(25)28-18(16(17)10-19(23)24)12-27-21(26)15-8-6-14(7-9-15)13-4-2-1-3-5-13/h1-9,16-18,20,22,25H,10-12H2,(H,23,24)/t16-,17-,18+,20?/m1/s1. The number of ether oxygens (including phenoxy) is 2. The van der Waals surface area contributed by atoms with E-state index in [1.165, 1.54) is 0 Å². The van der Waals surface area contributed by atoms with Crippen molar-refractivity contribution < 1.29 is 34.4 Å². The summed E-state index contributed by atoms with van der Waals surface area (Å²) in [6, 6.07) is 16.6. The summed E-state index contributed by atoms with van der Waals surface area (Å²) < 4.78 is 10.5. The maximum atomic E-state index is 12.3. The van der Waals surface area contributed by atoms with Gasteiger partial charge < -0.3 is 24.8 Å². The number of carbonyl (C=O) groups is 2. The molecule has 148 valence electrons. The topological polar surface area (TPSA) is 113 Å². The maximum Gasteiger partial charge on any atom is 0.338 e. The van der Waals surface area contributed by atoms with Crippen molar-refractivity contribution in [1.82, 2.24) is 0 Å². The lowest BCUT2D eigenvalue weighted by Gasteiger charge is -2.36. The molecule has 1 heterocycles. The highest BCUT2D eigenvalue weighted by Crippen LogP contribution is 2.28. The Balaban J connectivity index is 1.63. The predicted octanol–water partition coefficient (Wildman–Crippen LogP) is 2.07. The molecule has 0 radical (unpaired) electrons. The Kier molecular flexibility index (Phi) is 6.41. The highest BCUT2D eigenvalue weighted by molar-refractivity contribution is 5.90. The molecular formula is C21H22O7. The van der Waals surface area contributed by atoms with Gasteiger partial charge in [-0.2, -0.15) is 0 Å². The van der Waals surface area contributed by atoms with Crippen LogP contribution < -0.4 is 0 Å². The molecule has 7 nitrogen and oxygen atoms in total. The fourth-order valence-corrected chi connectivity index (χ4v) is 3.29. The van der Waals surface area contributed by atoms with Crippen LogP contribution in [0.3, 0.4) is 0 Å². The van der Waals surface area contributed by atoms with Crippen LogP contribution in [0.5, 0.6) is 0 Å². The van der Waals surface area contributed by atoms with Crippen LogP contribution in [-0.4, -0.2) is 52.4 Å². The Hall–Kier alpha value is -2.74. The summed E-state index contributed by atoms with van der Waals surface area (Å²) in [5.74, 6) is -2.46. The molecule has 0 bridgehead atoms. The van der Waals surface area contributed by atoms with E-state index < -0.39 is 36.4 Å². The van der Waals surface area contributed by atoms with Crippen molar-refractivity contribution in [3.8, 4) is 11.1 Å². The van der Waals surface area contributed by atoms with E-state index in [2.05, 4.69) is 0 Å². The lowest BCUT2D eigenvalue weighted by molar-refractivity contribution is -0.224. The van der Waals surface area contributed by atoms with E-state index >= 15 is 0 Å². The molecule has 3 rings (SSSR count). The predicted molar refractivity (Wildman–Crippen MR) is 99.4 cm³/mol. The molecule has 0 spiro atoms. The summed E-state index contributed by atoms with van der Waals surface area (Å²) in [6.07, 6.45) is -3.60. The van der Waals surface area contributed by atoms with Crippen LogP contribution in [0, 0.1) is 5.92 Å². The fraction of sp³-hybridized carbons (Fsp3) is 0.333. The quantitative estimate of drug-likeness (QED) is 0.651. The molecule has 1 aliphatic rings. The summed E-state index contributed by atoms with van der Waals surface area (Å²) in [5.41, 5.74) is 2.32. The van der Waals surface area contributed by atoms with Gasteiger partial charge in [-0.3, -0.25) is 4.79 Å². The minimum Gasteiger partial charge on any atom is -0.481 e. The summed E-state index contributed by atoms with van der Waals surface area (Å²) in [7, 11) is 0. The molecule has 0 aliphatic carbocycles. The number of aliphatic hydroxyl groups is 2. The molecule has 4 atom stereocenters. The Labute approximate surface area is 162 Å². The number of hydrogen-bond donors (Lipinski definition) is 3. The first kappa shape index (κ1) is 20.0. The third-order valence-corrected chi connectivity index (χ3v) is 4.76. The molecule has 3 N–H and O–H groups in total. The minimum absolute atomic E-state index is 0.0800. The first-order chi connectivity index (χ1) is 13.4. The second-order valence-corrected chi connectivity index (χ2v) is 6.74. The van der Waals surface area contributed by atoms with Crippen LogP contribution in [0.2, 0.25) is 0 Å². The van der Waals surface area contributed by atoms with Crippen molar-refractivity contribution in [3.05, 3.63) is 60.2 Å². The van der Waals surface area contributed by atoms with E-state index in [-0.39, 0.29) is 19.4 Å². The van der Waals surface area contributed by atoms with E-state index in [0.29, 0.717) is 5.56 Å². The van der Waals surface area contributed by atoms with Crippen LogP contribution >= 0.6 is 0 Å². The molecule has 1 fully saturated rings. The van der Waals surface area contributed by atoms with Crippen LogP contribution in [0.15, 0.2) is 54.6 Å². The smallest absolute Gasteiger partial charge is 0.338 e. The van der Waals surface area contributed by atoms with Crippen molar-refractivity contribution >= 4 is 11.9 Å². The van der Waals surface area contributed by atoms with Gasteiger partial charge in [0.1, 0.15) is 12.7 Å². The van der Waals surface area contributed by atoms with Crippen LogP contribution in [0.4, 0.5) is 0 Å². The molecule has 1 saturated heterocycles. The van der Waals surface area contributed by atoms with Gasteiger partial charge in [0.15, 0.2) is 6.29 Å². The van der Waals surface area contributed by atoms with Gasteiger partial charge in [-0.1, -0.05) is 42.5 Å². The van der Waals surface area contributed by atoms with E-state index in [4.69, 9.17) is 14.6 Å². The average Bonchev–Trinajstić information content (AvgIpc) is 2.69. The molecule has 1 unspecified atom stereocenters. The molecule has 1 aliphatic heterocycles. The molecule has 0 saturated carbocycles. The maximum absolute atomic E-state index is 12.3. The Morgan fingerprint density at radius 3 is 2.29 bits per heavy atom. The van der Waals surface area contributed by atoms with E-state index in [9.17, 15) is 19.8 Å². The monoisotopic (exact) mass is 386 g/mol. The third kappa shape index (κ3) is 4.95. The summed E-state index contributed by atoms with van der Waals surface area (Å²) in [6.45, 7) is -0.259. The van der Waals surface area contributed by atoms with Crippen molar-refractivity contribution in [1.29, 1.82) is 0 Å². The van der Waals surface area contributed by atoms with Gasteiger partial charge in [0.2, 0.25) is 0 Å². The van der Waals surface area contributed by atoms with Gasteiger partial charge >= 0.3 is 11.9 Å². The minimum atomic E-state index is -1.23. The third-order valence-electron chi connectivity index (χ3n) is 4.76. The molecule has 0 amide bonds. The number of aliphatic carboxylic acids is 1. The summed E-state index contributed by atoms with van der Waals surface area (Å²) >= 11 is 0. The number of carboxylic acid groups (broad SMARTS) is 1. The largest absolute Gasteiger partial charge is 0.481 e. The summed E-state index contributed by atoms with van der Waals surface area (Å²) in [5, 5.41) is 28.7. The van der Waals surface area contributed by atoms with Gasteiger partial charge in [-0.15, -0.1) is 0 Å². The zero-order valence-electron chi connectivity index (χ0n) is 15.1. The first-order valence-electron chi connectivity index (χ1n) is 9.00. The molecule has 28 heavy (non-hydrogen) atoms. The van der Waals surface area contributed by atoms with Crippen LogP contribution in [0.25, 0.3) is 11.1 Å². The number of aliphatic hydroxyl groups excluding tert-OH is 2. The number of carbonyl (C=O) groups excluding carboxylic acids is 1. The lowest BCUT2D eigenvalue weighted by Crippen LogP contribution is -2.47. The Morgan fingerprint density at radius 2 is 1.64 bits per heavy atom. The Morgan fingerprint density at radius 1 is 1.00 bits per heavy atom. The fourth-order valence-electron chi connectivity index (χ4n) is 3.29. The number of esters is 1.